The fourth-order valence-corrected chi connectivity index (χ4v) is 1.34. The van der Waals surface area contributed by atoms with E-state index < -0.39 is 0 Å². The summed E-state index contributed by atoms with van der Waals surface area (Å²) < 4.78 is 4.91. The summed E-state index contributed by atoms with van der Waals surface area (Å²) in [7, 11) is 1.56. The van der Waals surface area contributed by atoms with E-state index >= 15 is 0 Å². The standard InChI is InChI=1S/C11H10N2O2/c1-12-11(14)10-9(7-13-15-10)8-5-3-2-4-6-8/h2-7H,1H3,(H,12,14). The SMILES string of the molecule is CNC(=O)c1oncc1-c1ccccc1. The second-order valence-electron chi connectivity index (χ2n) is 3.01. The zero-order valence-electron chi connectivity index (χ0n) is 8.23. The molecule has 0 aliphatic rings. The van der Waals surface area contributed by atoms with Crippen LogP contribution in [-0.4, -0.2) is 18.1 Å². The van der Waals surface area contributed by atoms with Gasteiger partial charge in [0.05, 0.1) is 11.8 Å². The first-order valence-corrected chi connectivity index (χ1v) is 4.55. The van der Waals surface area contributed by atoms with Crippen LogP contribution < -0.4 is 5.32 Å². The van der Waals surface area contributed by atoms with Crippen molar-refractivity contribution in [1.82, 2.24) is 10.5 Å². The van der Waals surface area contributed by atoms with Crippen LogP contribution in [0.25, 0.3) is 11.1 Å². The summed E-state index contributed by atoms with van der Waals surface area (Å²) >= 11 is 0. The van der Waals surface area contributed by atoms with Gasteiger partial charge >= 0.3 is 0 Å². The smallest absolute Gasteiger partial charge is 0.290 e. The molecule has 2 rings (SSSR count). The Labute approximate surface area is 86.9 Å². The highest BCUT2D eigenvalue weighted by molar-refractivity contribution is 5.97. The van der Waals surface area contributed by atoms with Crippen LogP contribution in [0.15, 0.2) is 41.1 Å². The molecule has 0 aliphatic heterocycles. The van der Waals surface area contributed by atoms with Gasteiger partial charge in [0.1, 0.15) is 0 Å². The van der Waals surface area contributed by atoms with Gasteiger partial charge in [-0.2, -0.15) is 0 Å². The minimum absolute atomic E-state index is 0.240. The largest absolute Gasteiger partial charge is 0.352 e. The normalized spacial score (nSPS) is 9.93. The van der Waals surface area contributed by atoms with Gasteiger partial charge in [0.2, 0.25) is 5.76 Å². The lowest BCUT2D eigenvalue weighted by Gasteiger charge is -1.99. The molecule has 4 nitrogen and oxygen atoms in total. The molecular formula is C11H10N2O2. The molecule has 1 amide bonds. The monoisotopic (exact) mass is 202 g/mol. The van der Waals surface area contributed by atoms with Crippen molar-refractivity contribution in [2.75, 3.05) is 7.05 Å². The first-order valence-electron chi connectivity index (χ1n) is 4.55. The topological polar surface area (TPSA) is 55.1 Å². The van der Waals surface area contributed by atoms with Crippen molar-refractivity contribution in [3.05, 3.63) is 42.3 Å². The van der Waals surface area contributed by atoms with Gasteiger partial charge in [-0.1, -0.05) is 35.5 Å². The Morgan fingerprint density at radius 3 is 2.73 bits per heavy atom. The summed E-state index contributed by atoms with van der Waals surface area (Å²) in [6.45, 7) is 0. The fraction of sp³-hybridized carbons (Fsp3) is 0.0909. The third-order valence-corrected chi connectivity index (χ3v) is 2.09. The van der Waals surface area contributed by atoms with Crippen LogP contribution in [0.5, 0.6) is 0 Å². The zero-order valence-corrected chi connectivity index (χ0v) is 8.23. The lowest BCUT2D eigenvalue weighted by molar-refractivity contribution is 0.0927. The van der Waals surface area contributed by atoms with Gasteiger partial charge < -0.3 is 9.84 Å². The Balaban J connectivity index is 2.46. The fourth-order valence-electron chi connectivity index (χ4n) is 1.34. The summed E-state index contributed by atoms with van der Waals surface area (Å²) in [5.41, 5.74) is 1.62. The highest BCUT2D eigenvalue weighted by atomic mass is 16.5. The number of nitrogens with one attached hydrogen (secondary N) is 1. The number of hydrogen-bond acceptors (Lipinski definition) is 3. The van der Waals surface area contributed by atoms with Crippen LogP contribution in [0.2, 0.25) is 0 Å². The van der Waals surface area contributed by atoms with Crippen LogP contribution in [0, 0.1) is 0 Å². The average Bonchev–Trinajstić information content (AvgIpc) is 2.78. The van der Waals surface area contributed by atoms with Crippen LogP contribution in [0.4, 0.5) is 0 Å². The lowest BCUT2D eigenvalue weighted by atomic mass is 10.1. The Hall–Kier alpha value is -2.10. The third-order valence-electron chi connectivity index (χ3n) is 2.09. The molecule has 0 spiro atoms. The highest BCUT2D eigenvalue weighted by Gasteiger charge is 2.16. The Morgan fingerprint density at radius 1 is 1.33 bits per heavy atom. The number of nitrogens with zero attached hydrogens (tertiary/aromatic N) is 1. The maximum atomic E-state index is 11.4. The molecule has 15 heavy (non-hydrogen) atoms. The number of rotatable bonds is 2. The van der Waals surface area contributed by atoms with Crippen molar-refractivity contribution in [3.8, 4) is 11.1 Å². The molecule has 0 unspecified atom stereocenters. The van der Waals surface area contributed by atoms with E-state index in [1.165, 1.54) is 0 Å². The molecule has 1 aromatic carbocycles. The van der Waals surface area contributed by atoms with Crippen molar-refractivity contribution in [1.29, 1.82) is 0 Å². The Morgan fingerprint density at radius 2 is 2.07 bits per heavy atom. The lowest BCUT2D eigenvalue weighted by Crippen LogP contribution is -2.17. The molecule has 0 bridgehead atoms. The van der Waals surface area contributed by atoms with Crippen molar-refractivity contribution in [3.63, 3.8) is 0 Å². The van der Waals surface area contributed by atoms with Crippen LogP contribution in [0.1, 0.15) is 10.6 Å². The molecule has 0 saturated carbocycles. The van der Waals surface area contributed by atoms with Gasteiger partial charge in [0, 0.05) is 7.05 Å². The molecule has 76 valence electrons. The number of carbonyl (C=O) groups is 1. The minimum atomic E-state index is -0.272. The van der Waals surface area contributed by atoms with Crippen LogP contribution in [0.3, 0.4) is 0 Å². The predicted molar refractivity (Wildman–Crippen MR) is 55.3 cm³/mol. The van der Waals surface area contributed by atoms with Crippen molar-refractivity contribution in [2.45, 2.75) is 0 Å². The van der Waals surface area contributed by atoms with E-state index in [0.29, 0.717) is 5.56 Å². The molecular weight excluding hydrogens is 192 g/mol. The molecule has 1 aromatic heterocycles. The van der Waals surface area contributed by atoms with E-state index in [2.05, 4.69) is 10.5 Å². The quantitative estimate of drug-likeness (QED) is 0.806. The van der Waals surface area contributed by atoms with Crippen LogP contribution in [-0.2, 0) is 0 Å². The summed E-state index contributed by atoms with van der Waals surface area (Å²) in [6.07, 6.45) is 1.54. The predicted octanol–water partition coefficient (Wildman–Crippen LogP) is 1.70. The molecule has 1 N–H and O–H groups in total. The zero-order chi connectivity index (χ0) is 10.7. The van der Waals surface area contributed by atoms with Gasteiger partial charge in [-0.05, 0) is 5.56 Å². The minimum Gasteiger partial charge on any atom is -0.352 e. The van der Waals surface area contributed by atoms with Crippen molar-refractivity contribution in [2.24, 2.45) is 0 Å². The van der Waals surface area contributed by atoms with E-state index in [-0.39, 0.29) is 11.7 Å². The molecule has 0 atom stereocenters. The van der Waals surface area contributed by atoms with Gasteiger partial charge in [-0.15, -0.1) is 0 Å². The van der Waals surface area contributed by atoms with Gasteiger partial charge in [-0.3, -0.25) is 4.79 Å². The summed E-state index contributed by atoms with van der Waals surface area (Å²) in [5.74, 6) is -0.0324. The second kappa shape index (κ2) is 3.96. The van der Waals surface area contributed by atoms with Gasteiger partial charge in [0.25, 0.3) is 5.91 Å². The van der Waals surface area contributed by atoms with E-state index in [1.54, 1.807) is 13.2 Å². The van der Waals surface area contributed by atoms with E-state index in [0.717, 1.165) is 5.56 Å². The third kappa shape index (κ3) is 1.74. The van der Waals surface area contributed by atoms with Crippen LogP contribution >= 0.6 is 0 Å². The summed E-state index contributed by atoms with van der Waals surface area (Å²) in [4.78, 5) is 11.4. The van der Waals surface area contributed by atoms with Crippen molar-refractivity contribution >= 4 is 5.91 Å². The molecule has 0 fully saturated rings. The maximum Gasteiger partial charge on any atom is 0.290 e. The summed E-state index contributed by atoms with van der Waals surface area (Å²) in [5, 5.41) is 6.14. The second-order valence-corrected chi connectivity index (χ2v) is 3.01. The molecule has 0 saturated heterocycles. The molecule has 0 aliphatic carbocycles. The first kappa shape index (κ1) is 9.45. The number of aromatic nitrogens is 1. The Kier molecular flexibility index (Phi) is 2.49. The van der Waals surface area contributed by atoms with E-state index in [1.807, 2.05) is 30.3 Å². The maximum absolute atomic E-state index is 11.4. The van der Waals surface area contributed by atoms with Gasteiger partial charge in [-0.25, -0.2) is 0 Å². The van der Waals surface area contributed by atoms with Crippen molar-refractivity contribution < 1.29 is 9.32 Å². The number of hydrogen-bond donors (Lipinski definition) is 1. The Bertz CT molecular complexity index is 462. The van der Waals surface area contributed by atoms with E-state index in [9.17, 15) is 4.79 Å². The van der Waals surface area contributed by atoms with E-state index in [4.69, 9.17) is 4.52 Å². The molecule has 4 heteroatoms. The molecule has 2 aromatic rings. The number of benzene rings is 1. The number of amides is 1. The van der Waals surface area contributed by atoms with Gasteiger partial charge in [0.15, 0.2) is 0 Å². The highest BCUT2D eigenvalue weighted by Crippen LogP contribution is 2.22. The average molecular weight is 202 g/mol. The summed E-state index contributed by atoms with van der Waals surface area (Å²) in [6, 6.07) is 9.51. The molecule has 1 heterocycles. The number of carbonyl (C=O) groups excluding carboxylic acids is 1. The first-order chi connectivity index (χ1) is 7.33. The molecule has 0 radical (unpaired) electrons.